The highest BCUT2D eigenvalue weighted by atomic mass is 16.5. The van der Waals surface area contributed by atoms with Gasteiger partial charge in [0.2, 0.25) is 5.91 Å². The van der Waals surface area contributed by atoms with E-state index in [0.717, 1.165) is 24.8 Å². The fraction of sp³-hybridized carbons (Fsp3) is 0.348. The molecular formula is C23H27NO6. The lowest BCUT2D eigenvalue weighted by Gasteiger charge is -2.10. The van der Waals surface area contributed by atoms with Gasteiger partial charge in [-0.1, -0.05) is 31.9 Å². The number of amides is 1. The number of benzene rings is 2. The Labute approximate surface area is 176 Å². The van der Waals surface area contributed by atoms with Gasteiger partial charge in [-0.3, -0.25) is 14.4 Å². The van der Waals surface area contributed by atoms with E-state index in [4.69, 9.17) is 4.74 Å². The number of anilines is 1. The molecule has 0 bridgehead atoms. The third kappa shape index (κ3) is 7.24. The molecule has 0 fully saturated rings. The summed E-state index contributed by atoms with van der Waals surface area (Å²) in [7, 11) is 1.22. The van der Waals surface area contributed by atoms with Gasteiger partial charge in [-0.05, 0) is 36.2 Å². The quantitative estimate of drug-likeness (QED) is 0.247. The predicted molar refractivity (Wildman–Crippen MR) is 113 cm³/mol. The summed E-state index contributed by atoms with van der Waals surface area (Å²) >= 11 is 0. The van der Waals surface area contributed by atoms with Gasteiger partial charge in [0.25, 0.3) is 0 Å². The molecular weight excluding hydrogens is 386 g/mol. The molecule has 2 N–H and O–H groups in total. The lowest BCUT2D eigenvalue weighted by atomic mass is 10.0. The Balaban J connectivity index is 1.94. The molecule has 30 heavy (non-hydrogen) atoms. The Kier molecular flexibility index (Phi) is 8.87. The fourth-order valence-corrected chi connectivity index (χ4v) is 2.82. The number of hydrogen-bond acceptors (Lipinski definition) is 6. The van der Waals surface area contributed by atoms with Crippen LogP contribution in [0.2, 0.25) is 0 Å². The Hall–Kier alpha value is -3.35. The van der Waals surface area contributed by atoms with E-state index in [9.17, 15) is 19.5 Å². The summed E-state index contributed by atoms with van der Waals surface area (Å²) in [5.41, 5.74) is 1.61. The van der Waals surface area contributed by atoms with Gasteiger partial charge >= 0.3 is 5.97 Å². The second kappa shape index (κ2) is 11.6. The van der Waals surface area contributed by atoms with Crippen molar-refractivity contribution < 1.29 is 29.0 Å². The van der Waals surface area contributed by atoms with Crippen molar-refractivity contribution in [1.82, 2.24) is 0 Å². The monoisotopic (exact) mass is 413 g/mol. The Morgan fingerprint density at radius 2 is 1.87 bits per heavy atom. The predicted octanol–water partition coefficient (Wildman–Crippen LogP) is 4.24. The summed E-state index contributed by atoms with van der Waals surface area (Å²) in [4.78, 5) is 35.1. The first-order valence-electron chi connectivity index (χ1n) is 9.87. The summed E-state index contributed by atoms with van der Waals surface area (Å²) in [6.07, 6.45) is 2.87. The molecule has 1 amide bonds. The zero-order valence-electron chi connectivity index (χ0n) is 17.3. The normalized spacial score (nSPS) is 10.3. The average Bonchev–Trinajstić information content (AvgIpc) is 2.72. The van der Waals surface area contributed by atoms with E-state index >= 15 is 0 Å². The number of rotatable bonds is 11. The number of carbonyl (C=O) groups excluding carboxylic acids is 3. The van der Waals surface area contributed by atoms with E-state index < -0.39 is 11.9 Å². The number of ketones is 1. The van der Waals surface area contributed by atoms with Crippen LogP contribution < -0.4 is 10.1 Å². The summed E-state index contributed by atoms with van der Waals surface area (Å²) < 4.78 is 10.2. The van der Waals surface area contributed by atoms with E-state index in [0.29, 0.717) is 23.4 Å². The third-order valence-corrected chi connectivity index (χ3v) is 4.43. The van der Waals surface area contributed by atoms with E-state index in [-0.39, 0.29) is 24.6 Å². The molecule has 0 radical (unpaired) electrons. The van der Waals surface area contributed by atoms with Crippen molar-refractivity contribution in [2.45, 2.75) is 45.6 Å². The van der Waals surface area contributed by atoms with Crippen molar-refractivity contribution in [2.75, 3.05) is 12.4 Å². The van der Waals surface area contributed by atoms with Crippen LogP contribution in [-0.4, -0.2) is 29.9 Å². The minimum atomic E-state index is -0.612. The smallest absolute Gasteiger partial charge is 0.315 e. The molecule has 0 unspecified atom stereocenters. The molecule has 0 heterocycles. The average molecular weight is 413 g/mol. The lowest BCUT2D eigenvalue weighted by molar-refractivity contribution is -0.142. The van der Waals surface area contributed by atoms with E-state index in [1.807, 2.05) is 6.07 Å². The fourth-order valence-electron chi connectivity index (χ4n) is 2.82. The maximum Gasteiger partial charge on any atom is 0.315 e. The van der Waals surface area contributed by atoms with Gasteiger partial charge in [-0.25, -0.2) is 0 Å². The van der Waals surface area contributed by atoms with E-state index in [1.165, 1.54) is 13.2 Å². The van der Waals surface area contributed by atoms with Crippen molar-refractivity contribution in [1.29, 1.82) is 0 Å². The molecule has 160 valence electrons. The van der Waals surface area contributed by atoms with Gasteiger partial charge in [-0.15, -0.1) is 0 Å². The summed E-state index contributed by atoms with van der Waals surface area (Å²) in [6, 6.07) is 11.6. The molecule has 0 aromatic heterocycles. The van der Waals surface area contributed by atoms with Crippen LogP contribution >= 0.6 is 0 Å². The summed E-state index contributed by atoms with van der Waals surface area (Å²) in [5, 5.41) is 12.8. The van der Waals surface area contributed by atoms with Crippen molar-refractivity contribution >= 4 is 23.3 Å². The summed E-state index contributed by atoms with van der Waals surface area (Å²) in [6.45, 7) is 2.27. The van der Waals surface area contributed by atoms with Crippen molar-refractivity contribution in [3.63, 3.8) is 0 Å². The highest BCUT2D eigenvalue weighted by Gasteiger charge is 2.12. The Morgan fingerprint density at radius 1 is 1.07 bits per heavy atom. The minimum absolute atomic E-state index is 0.0807. The first kappa shape index (κ1) is 22.9. The van der Waals surface area contributed by atoms with Gasteiger partial charge in [0.1, 0.15) is 24.5 Å². The maximum absolute atomic E-state index is 12.2. The SMILES string of the molecule is CCCCCC(=O)c1ccc(OCc2cccc(NC(=O)CC(=O)OC)c2)cc1O. The molecule has 0 spiro atoms. The third-order valence-electron chi connectivity index (χ3n) is 4.43. The van der Waals surface area contributed by atoms with Crippen LogP contribution in [0.15, 0.2) is 42.5 Å². The standard InChI is InChI=1S/C23H27NO6/c1-3-4-5-9-20(25)19-11-10-18(13-21(19)26)30-15-16-7-6-8-17(12-16)24-22(27)14-23(28)29-2/h6-8,10-13,26H,3-5,9,14-15H2,1-2H3,(H,24,27). The van der Waals surface area contributed by atoms with Crippen molar-refractivity contribution in [2.24, 2.45) is 0 Å². The number of methoxy groups -OCH3 is 1. The Morgan fingerprint density at radius 3 is 2.57 bits per heavy atom. The molecule has 0 aliphatic heterocycles. The number of Topliss-reactive ketones (excluding diaryl/α,β-unsaturated/α-hetero) is 1. The minimum Gasteiger partial charge on any atom is -0.507 e. The number of ether oxygens (including phenoxy) is 2. The molecule has 7 nitrogen and oxygen atoms in total. The number of phenolic OH excluding ortho intramolecular Hbond substituents is 1. The van der Waals surface area contributed by atoms with Crippen LogP contribution in [0, 0.1) is 0 Å². The van der Waals surface area contributed by atoms with Gasteiger partial charge < -0.3 is 19.9 Å². The second-order valence-corrected chi connectivity index (χ2v) is 6.85. The highest BCUT2D eigenvalue weighted by Crippen LogP contribution is 2.26. The molecule has 0 aliphatic carbocycles. The van der Waals surface area contributed by atoms with E-state index in [2.05, 4.69) is 17.0 Å². The van der Waals surface area contributed by atoms with Crippen LogP contribution in [0.3, 0.4) is 0 Å². The van der Waals surface area contributed by atoms with Gasteiger partial charge in [0.15, 0.2) is 5.78 Å². The van der Waals surface area contributed by atoms with Crippen LogP contribution in [0.4, 0.5) is 5.69 Å². The maximum atomic E-state index is 12.2. The lowest BCUT2D eigenvalue weighted by Crippen LogP contribution is -2.17. The molecule has 0 saturated heterocycles. The number of esters is 1. The first-order valence-corrected chi connectivity index (χ1v) is 9.87. The molecule has 0 atom stereocenters. The number of unbranched alkanes of at least 4 members (excludes halogenated alkanes) is 2. The van der Waals surface area contributed by atoms with Crippen molar-refractivity contribution in [3.05, 3.63) is 53.6 Å². The molecule has 2 aromatic rings. The van der Waals surface area contributed by atoms with E-state index in [1.54, 1.807) is 30.3 Å². The zero-order chi connectivity index (χ0) is 21.9. The molecule has 2 rings (SSSR count). The molecule has 2 aromatic carbocycles. The topological polar surface area (TPSA) is 102 Å². The van der Waals surface area contributed by atoms with Crippen LogP contribution in [0.5, 0.6) is 11.5 Å². The number of hydrogen-bond donors (Lipinski definition) is 2. The van der Waals surface area contributed by atoms with Gasteiger partial charge in [0, 0.05) is 18.2 Å². The van der Waals surface area contributed by atoms with Crippen molar-refractivity contribution in [3.8, 4) is 11.5 Å². The number of phenols is 1. The zero-order valence-corrected chi connectivity index (χ0v) is 17.3. The first-order chi connectivity index (χ1) is 14.4. The van der Waals surface area contributed by atoms with Crippen LogP contribution in [0.25, 0.3) is 0 Å². The number of aromatic hydroxyl groups is 1. The highest BCUT2D eigenvalue weighted by molar-refractivity contribution is 6.01. The molecule has 7 heteroatoms. The number of carbonyl (C=O) groups is 3. The Bertz CT molecular complexity index is 893. The van der Waals surface area contributed by atoms with Gasteiger partial charge in [-0.2, -0.15) is 0 Å². The van der Waals surface area contributed by atoms with Crippen LogP contribution in [-0.2, 0) is 20.9 Å². The number of nitrogens with one attached hydrogen (secondary N) is 1. The van der Waals surface area contributed by atoms with Gasteiger partial charge in [0.05, 0.1) is 12.7 Å². The second-order valence-electron chi connectivity index (χ2n) is 6.85. The molecule has 0 aliphatic rings. The largest absolute Gasteiger partial charge is 0.507 e. The van der Waals surface area contributed by atoms with Crippen LogP contribution in [0.1, 0.15) is 54.9 Å². The molecule has 0 saturated carbocycles. The summed E-state index contributed by atoms with van der Waals surface area (Å²) in [5.74, 6) is -0.832.